The predicted octanol–water partition coefficient (Wildman–Crippen LogP) is 6.51. The smallest absolute Gasteiger partial charge is 0.238 e. The van der Waals surface area contributed by atoms with Crippen LogP contribution in [-0.2, 0) is 4.79 Å². The number of carbonyl (C=O) groups excluding carboxylic acids is 1. The highest BCUT2D eigenvalue weighted by molar-refractivity contribution is 6.30. The van der Waals surface area contributed by atoms with E-state index in [1.54, 1.807) is 0 Å². The summed E-state index contributed by atoms with van der Waals surface area (Å²) in [5.41, 5.74) is 4.46. The van der Waals surface area contributed by atoms with E-state index < -0.39 is 0 Å². The molecule has 2 N–H and O–H groups in total. The molecule has 1 atom stereocenters. The van der Waals surface area contributed by atoms with Gasteiger partial charge in [-0.25, -0.2) is 0 Å². The average Bonchev–Trinajstić information content (AvgIpc) is 2.62. The van der Waals surface area contributed by atoms with Crippen molar-refractivity contribution in [3.05, 3.63) is 64.2 Å². The molecule has 0 aliphatic carbocycles. The van der Waals surface area contributed by atoms with Crippen LogP contribution in [0.5, 0.6) is 0 Å². The summed E-state index contributed by atoms with van der Waals surface area (Å²) in [7, 11) is 0. The highest BCUT2D eigenvalue weighted by Crippen LogP contribution is 2.32. The molecule has 0 radical (unpaired) electrons. The number of para-hydroxylation sites is 1. The Kier molecular flexibility index (Phi) is 8.09. The second kappa shape index (κ2) is 10.1. The zero-order chi connectivity index (χ0) is 20.8. The van der Waals surface area contributed by atoms with Gasteiger partial charge in [-0.2, -0.15) is 0 Å². The van der Waals surface area contributed by atoms with Crippen LogP contribution < -0.4 is 10.6 Å². The van der Waals surface area contributed by atoms with Crippen LogP contribution in [0.3, 0.4) is 0 Å². The molecule has 1 amide bonds. The van der Waals surface area contributed by atoms with Crippen LogP contribution >= 0.6 is 11.6 Å². The Labute approximate surface area is 174 Å². The molecule has 4 heteroatoms. The molecular formula is C24H33ClN2O. The van der Waals surface area contributed by atoms with Gasteiger partial charge in [-0.1, -0.05) is 83.5 Å². The summed E-state index contributed by atoms with van der Waals surface area (Å²) in [6.45, 7) is 13.2. The largest absolute Gasteiger partial charge is 0.324 e. The van der Waals surface area contributed by atoms with Gasteiger partial charge in [-0.3, -0.25) is 4.79 Å². The Balaban J connectivity index is 2.14. The van der Waals surface area contributed by atoms with E-state index >= 15 is 0 Å². The standard InChI is InChI=1S/C24H33ClN2O/c1-15(2)20-8-7-9-21(16(3)4)24(20)27-22(28)14-26-23(17(5)6)18-10-12-19(25)13-11-18/h7-13,15-17,23,26H,14H2,1-6H3,(H,27,28). The van der Waals surface area contributed by atoms with E-state index in [9.17, 15) is 4.79 Å². The SMILES string of the molecule is CC(C)c1cccc(C(C)C)c1NC(=O)CNC(c1ccc(Cl)cc1)C(C)C. The van der Waals surface area contributed by atoms with Gasteiger partial charge in [-0.15, -0.1) is 0 Å². The lowest BCUT2D eigenvalue weighted by atomic mass is 9.92. The van der Waals surface area contributed by atoms with Crippen molar-refractivity contribution in [2.45, 2.75) is 59.4 Å². The Bertz CT molecular complexity index is 755. The van der Waals surface area contributed by atoms with Crippen molar-refractivity contribution < 1.29 is 4.79 Å². The summed E-state index contributed by atoms with van der Waals surface area (Å²) in [5.74, 6) is 1.02. The Morgan fingerprint density at radius 3 is 1.89 bits per heavy atom. The van der Waals surface area contributed by atoms with Gasteiger partial charge < -0.3 is 10.6 Å². The monoisotopic (exact) mass is 400 g/mol. The Morgan fingerprint density at radius 2 is 1.43 bits per heavy atom. The first-order valence-electron chi connectivity index (χ1n) is 10.1. The topological polar surface area (TPSA) is 41.1 Å². The summed E-state index contributed by atoms with van der Waals surface area (Å²) >= 11 is 6.01. The molecule has 0 aliphatic heterocycles. The molecule has 3 nitrogen and oxygen atoms in total. The molecule has 0 saturated heterocycles. The first kappa shape index (κ1) is 22.4. The maximum Gasteiger partial charge on any atom is 0.238 e. The Hall–Kier alpha value is -1.84. The molecule has 0 aliphatic rings. The number of hydrogen-bond donors (Lipinski definition) is 2. The first-order valence-corrected chi connectivity index (χ1v) is 10.5. The molecule has 2 aromatic carbocycles. The van der Waals surface area contributed by atoms with Crippen LogP contribution in [0.4, 0.5) is 5.69 Å². The van der Waals surface area contributed by atoms with Gasteiger partial charge in [0.1, 0.15) is 0 Å². The summed E-state index contributed by atoms with van der Waals surface area (Å²) in [6.07, 6.45) is 0. The summed E-state index contributed by atoms with van der Waals surface area (Å²) in [4.78, 5) is 12.8. The summed E-state index contributed by atoms with van der Waals surface area (Å²) < 4.78 is 0. The van der Waals surface area contributed by atoms with Crippen molar-refractivity contribution in [2.75, 3.05) is 11.9 Å². The van der Waals surface area contributed by atoms with E-state index in [2.05, 4.69) is 70.4 Å². The number of hydrogen-bond acceptors (Lipinski definition) is 2. The van der Waals surface area contributed by atoms with E-state index in [0.29, 0.717) is 17.8 Å². The number of rotatable bonds is 8. The lowest BCUT2D eigenvalue weighted by Crippen LogP contribution is -2.34. The highest BCUT2D eigenvalue weighted by Gasteiger charge is 2.19. The number of anilines is 1. The quantitative estimate of drug-likeness (QED) is 0.530. The Morgan fingerprint density at radius 1 is 0.893 bits per heavy atom. The lowest BCUT2D eigenvalue weighted by molar-refractivity contribution is -0.115. The maximum absolute atomic E-state index is 12.8. The predicted molar refractivity (Wildman–Crippen MR) is 120 cm³/mol. The number of carbonyl (C=O) groups is 1. The lowest BCUT2D eigenvalue weighted by Gasteiger charge is -2.24. The minimum absolute atomic E-state index is 0.0189. The van der Waals surface area contributed by atoms with E-state index in [1.165, 1.54) is 11.1 Å². The van der Waals surface area contributed by atoms with Crippen molar-refractivity contribution in [1.29, 1.82) is 0 Å². The molecule has 0 aromatic heterocycles. The molecule has 0 fully saturated rings. The van der Waals surface area contributed by atoms with Crippen LogP contribution in [0.15, 0.2) is 42.5 Å². The third-order valence-electron chi connectivity index (χ3n) is 5.02. The van der Waals surface area contributed by atoms with Crippen molar-refractivity contribution >= 4 is 23.2 Å². The summed E-state index contributed by atoms with van der Waals surface area (Å²) in [5, 5.41) is 7.31. The molecule has 0 heterocycles. The van der Waals surface area contributed by atoms with E-state index in [-0.39, 0.29) is 18.5 Å². The van der Waals surface area contributed by atoms with Gasteiger partial charge in [0.25, 0.3) is 0 Å². The minimum atomic E-state index is -0.0189. The van der Waals surface area contributed by atoms with Gasteiger partial charge in [-0.05, 0) is 46.6 Å². The van der Waals surface area contributed by atoms with Crippen molar-refractivity contribution in [3.8, 4) is 0 Å². The molecule has 1 unspecified atom stereocenters. The number of amides is 1. The maximum atomic E-state index is 12.8. The number of benzene rings is 2. The van der Waals surface area contributed by atoms with Gasteiger partial charge in [0.05, 0.1) is 6.54 Å². The zero-order valence-corrected chi connectivity index (χ0v) is 18.6. The fourth-order valence-corrected chi connectivity index (χ4v) is 3.62. The summed E-state index contributed by atoms with van der Waals surface area (Å²) in [6, 6.07) is 14.2. The molecule has 0 bridgehead atoms. The number of nitrogens with one attached hydrogen (secondary N) is 2. The molecule has 2 rings (SSSR count). The van der Waals surface area contributed by atoms with Gasteiger partial charge in [0, 0.05) is 16.8 Å². The van der Waals surface area contributed by atoms with Crippen LogP contribution in [0, 0.1) is 5.92 Å². The molecule has 152 valence electrons. The fraction of sp³-hybridized carbons (Fsp3) is 0.458. The molecule has 0 saturated carbocycles. The zero-order valence-electron chi connectivity index (χ0n) is 17.8. The molecule has 0 spiro atoms. The second-order valence-corrected chi connectivity index (χ2v) is 8.76. The third-order valence-corrected chi connectivity index (χ3v) is 5.27. The van der Waals surface area contributed by atoms with Crippen LogP contribution in [-0.4, -0.2) is 12.5 Å². The third kappa shape index (κ3) is 5.83. The van der Waals surface area contributed by atoms with E-state index in [0.717, 1.165) is 16.3 Å². The fourth-order valence-electron chi connectivity index (χ4n) is 3.49. The van der Waals surface area contributed by atoms with Crippen LogP contribution in [0.25, 0.3) is 0 Å². The second-order valence-electron chi connectivity index (χ2n) is 8.32. The van der Waals surface area contributed by atoms with Crippen LogP contribution in [0.1, 0.15) is 76.1 Å². The van der Waals surface area contributed by atoms with Crippen molar-refractivity contribution in [2.24, 2.45) is 5.92 Å². The normalized spacial score (nSPS) is 12.6. The van der Waals surface area contributed by atoms with E-state index in [1.807, 2.05) is 24.3 Å². The van der Waals surface area contributed by atoms with Gasteiger partial charge >= 0.3 is 0 Å². The first-order chi connectivity index (χ1) is 13.2. The van der Waals surface area contributed by atoms with Crippen molar-refractivity contribution in [3.63, 3.8) is 0 Å². The molecule has 28 heavy (non-hydrogen) atoms. The molecular weight excluding hydrogens is 368 g/mol. The van der Waals surface area contributed by atoms with E-state index in [4.69, 9.17) is 11.6 Å². The van der Waals surface area contributed by atoms with Crippen molar-refractivity contribution in [1.82, 2.24) is 5.32 Å². The number of halogens is 1. The minimum Gasteiger partial charge on any atom is -0.324 e. The molecule has 2 aromatic rings. The van der Waals surface area contributed by atoms with Gasteiger partial charge in [0.2, 0.25) is 5.91 Å². The highest BCUT2D eigenvalue weighted by atomic mass is 35.5. The van der Waals surface area contributed by atoms with Gasteiger partial charge in [0.15, 0.2) is 0 Å². The average molecular weight is 401 g/mol. The van der Waals surface area contributed by atoms with Crippen LogP contribution in [0.2, 0.25) is 5.02 Å².